The van der Waals surface area contributed by atoms with Crippen LogP contribution in [0.5, 0.6) is 0 Å². The van der Waals surface area contributed by atoms with Gasteiger partial charge in [-0.25, -0.2) is 4.98 Å². The number of aromatic nitrogens is 3. The Balaban J connectivity index is 1.44. The zero-order chi connectivity index (χ0) is 20.4. The lowest BCUT2D eigenvalue weighted by atomic mass is 10.1. The fraction of sp³-hybridized carbons (Fsp3) is 0.364. The van der Waals surface area contributed by atoms with Gasteiger partial charge in [-0.15, -0.1) is 0 Å². The third kappa shape index (κ3) is 3.99. The Hall–Kier alpha value is -3.22. The van der Waals surface area contributed by atoms with Crippen molar-refractivity contribution in [2.24, 2.45) is 7.05 Å². The van der Waals surface area contributed by atoms with Crippen LogP contribution in [0, 0.1) is 6.92 Å². The molecule has 0 aliphatic carbocycles. The highest BCUT2D eigenvalue weighted by Gasteiger charge is 2.25. The number of likely N-dealkylation sites (tertiary alicyclic amines) is 1. The third-order valence-electron chi connectivity index (χ3n) is 5.56. The van der Waals surface area contributed by atoms with Crippen molar-refractivity contribution in [3.63, 3.8) is 0 Å². The molecule has 0 bridgehead atoms. The molecule has 7 nitrogen and oxygen atoms in total. The standard InChI is InChI=1S/C22H25N5O2/c1-15-5-6-19-16(12-15)13-20(26(19)2)22(29)27-10-3-4-17(7-11-27)25-21(28)18-14-23-8-9-24-18/h5-6,8-9,12-14,17H,3-4,7,10-11H2,1-2H3,(H,25,28)/t17-/m0/s1. The van der Waals surface area contributed by atoms with Gasteiger partial charge in [0.05, 0.1) is 6.20 Å². The van der Waals surface area contributed by atoms with E-state index in [1.807, 2.05) is 22.6 Å². The van der Waals surface area contributed by atoms with E-state index in [-0.39, 0.29) is 17.9 Å². The molecule has 1 atom stereocenters. The predicted octanol–water partition coefficient (Wildman–Crippen LogP) is 2.70. The molecule has 1 N–H and O–H groups in total. The summed E-state index contributed by atoms with van der Waals surface area (Å²) < 4.78 is 1.97. The number of carbonyl (C=O) groups excluding carboxylic acids is 2. The highest BCUT2D eigenvalue weighted by molar-refractivity contribution is 5.99. The summed E-state index contributed by atoms with van der Waals surface area (Å²) in [6, 6.07) is 8.22. The van der Waals surface area contributed by atoms with Gasteiger partial charge in [0.1, 0.15) is 11.4 Å². The molecule has 1 saturated heterocycles. The normalized spacial score (nSPS) is 17.2. The molecule has 3 heterocycles. The molecule has 1 aliphatic rings. The first-order valence-electron chi connectivity index (χ1n) is 9.95. The van der Waals surface area contributed by atoms with Crippen molar-refractivity contribution in [2.45, 2.75) is 32.2 Å². The summed E-state index contributed by atoms with van der Waals surface area (Å²) in [5.74, 6) is -0.172. The van der Waals surface area contributed by atoms with Crippen LogP contribution >= 0.6 is 0 Å². The van der Waals surface area contributed by atoms with Gasteiger partial charge in [-0.05, 0) is 44.4 Å². The molecular weight excluding hydrogens is 366 g/mol. The SMILES string of the molecule is Cc1ccc2c(c1)cc(C(=O)N1CCC[C@H](NC(=O)c3cnccn3)CC1)n2C. The van der Waals surface area contributed by atoms with Gasteiger partial charge in [-0.3, -0.25) is 14.6 Å². The van der Waals surface area contributed by atoms with Gasteiger partial charge in [0.15, 0.2) is 0 Å². The van der Waals surface area contributed by atoms with Gasteiger partial charge in [0.25, 0.3) is 11.8 Å². The van der Waals surface area contributed by atoms with E-state index >= 15 is 0 Å². The molecule has 0 saturated carbocycles. The second-order valence-electron chi connectivity index (χ2n) is 7.64. The van der Waals surface area contributed by atoms with E-state index in [1.165, 1.54) is 18.0 Å². The van der Waals surface area contributed by atoms with E-state index in [1.54, 1.807) is 6.20 Å². The van der Waals surface area contributed by atoms with Crippen LogP contribution in [0.4, 0.5) is 0 Å². The average molecular weight is 391 g/mol. The minimum absolute atomic E-state index is 0.0254. The molecule has 1 aliphatic heterocycles. The average Bonchev–Trinajstić information content (AvgIpc) is 2.89. The van der Waals surface area contributed by atoms with Crippen molar-refractivity contribution in [3.8, 4) is 0 Å². The number of rotatable bonds is 3. The first-order chi connectivity index (χ1) is 14.0. The zero-order valence-electron chi connectivity index (χ0n) is 16.8. The molecule has 29 heavy (non-hydrogen) atoms. The van der Waals surface area contributed by atoms with Crippen molar-refractivity contribution in [1.29, 1.82) is 0 Å². The lowest BCUT2D eigenvalue weighted by Gasteiger charge is -2.21. The number of aryl methyl sites for hydroxylation is 2. The Bertz CT molecular complexity index is 1040. The largest absolute Gasteiger partial charge is 0.348 e. The quantitative estimate of drug-likeness (QED) is 0.744. The molecule has 0 spiro atoms. The van der Waals surface area contributed by atoms with Crippen molar-refractivity contribution in [3.05, 3.63) is 59.8 Å². The van der Waals surface area contributed by atoms with Gasteiger partial charge in [-0.1, -0.05) is 11.6 Å². The van der Waals surface area contributed by atoms with Crippen LogP contribution in [-0.2, 0) is 7.05 Å². The Morgan fingerprint density at radius 2 is 2.00 bits per heavy atom. The summed E-state index contributed by atoms with van der Waals surface area (Å²) >= 11 is 0. The third-order valence-corrected chi connectivity index (χ3v) is 5.56. The number of nitrogens with one attached hydrogen (secondary N) is 1. The van der Waals surface area contributed by atoms with Crippen LogP contribution in [0.3, 0.4) is 0 Å². The van der Waals surface area contributed by atoms with E-state index in [0.29, 0.717) is 24.5 Å². The van der Waals surface area contributed by atoms with Crippen LogP contribution in [0.2, 0.25) is 0 Å². The van der Waals surface area contributed by atoms with Crippen LogP contribution in [0.15, 0.2) is 42.9 Å². The van der Waals surface area contributed by atoms with Crippen molar-refractivity contribution >= 4 is 22.7 Å². The lowest BCUT2D eigenvalue weighted by molar-refractivity contribution is 0.0751. The molecule has 1 aromatic carbocycles. The molecule has 0 radical (unpaired) electrons. The van der Waals surface area contributed by atoms with E-state index in [9.17, 15) is 9.59 Å². The first-order valence-corrected chi connectivity index (χ1v) is 9.95. The fourth-order valence-corrected chi connectivity index (χ4v) is 3.96. The molecule has 0 unspecified atom stereocenters. The van der Waals surface area contributed by atoms with E-state index in [2.05, 4.69) is 40.4 Å². The summed E-state index contributed by atoms with van der Waals surface area (Å²) in [7, 11) is 1.94. The minimum Gasteiger partial charge on any atom is -0.348 e. The fourth-order valence-electron chi connectivity index (χ4n) is 3.96. The van der Waals surface area contributed by atoms with E-state index < -0.39 is 0 Å². The smallest absolute Gasteiger partial charge is 0.271 e. The van der Waals surface area contributed by atoms with Crippen LogP contribution in [0.1, 0.15) is 45.8 Å². The maximum absolute atomic E-state index is 13.2. The number of amides is 2. The van der Waals surface area contributed by atoms with Gasteiger partial charge in [0.2, 0.25) is 0 Å². The van der Waals surface area contributed by atoms with E-state index in [0.717, 1.165) is 30.2 Å². The van der Waals surface area contributed by atoms with Crippen LogP contribution < -0.4 is 5.32 Å². The molecular formula is C22H25N5O2. The van der Waals surface area contributed by atoms with Crippen molar-refractivity contribution in [1.82, 2.24) is 24.8 Å². The summed E-state index contributed by atoms with van der Waals surface area (Å²) in [5.41, 5.74) is 3.25. The predicted molar refractivity (Wildman–Crippen MR) is 111 cm³/mol. The summed E-state index contributed by atoms with van der Waals surface area (Å²) in [6.45, 7) is 3.36. The van der Waals surface area contributed by atoms with E-state index in [4.69, 9.17) is 0 Å². The summed E-state index contributed by atoms with van der Waals surface area (Å²) in [6.07, 6.45) is 6.92. The maximum Gasteiger partial charge on any atom is 0.271 e. The molecule has 2 amide bonds. The van der Waals surface area contributed by atoms with Gasteiger partial charge < -0.3 is 14.8 Å². The number of hydrogen-bond acceptors (Lipinski definition) is 4. The van der Waals surface area contributed by atoms with Crippen LogP contribution in [-0.4, -0.2) is 50.4 Å². The number of carbonyl (C=O) groups is 2. The molecule has 2 aromatic heterocycles. The molecule has 7 heteroatoms. The summed E-state index contributed by atoms with van der Waals surface area (Å²) in [5, 5.41) is 4.11. The van der Waals surface area contributed by atoms with Gasteiger partial charge >= 0.3 is 0 Å². The molecule has 3 aromatic rings. The molecule has 4 rings (SSSR count). The Kier molecular flexibility index (Phi) is 5.29. The maximum atomic E-state index is 13.2. The number of fused-ring (bicyclic) bond motifs is 1. The Labute approximate surface area is 169 Å². The second kappa shape index (κ2) is 8.03. The molecule has 1 fully saturated rings. The highest BCUT2D eigenvalue weighted by Crippen LogP contribution is 2.22. The number of nitrogens with zero attached hydrogens (tertiary/aromatic N) is 4. The lowest BCUT2D eigenvalue weighted by Crippen LogP contribution is -2.37. The monoisotopic (exact) mass is 391 g/mol. The highest BCUT2D eigenvalue weighted by atomic mass is 16.2. The van der Waals surface area contributed by atoms with Crippen molar-refractivity contribution < 1.29 is 9.59 Å². The van der Waals surface area contributed by atoms with Gasteiger partial charge in [0, 0.05) is 49.5 Å². The Morgan fingerprint density at radius 1 is 1.14 bits per heavy atom. The molecule has 150 valence electrons. The topological polar surface area (TPSA) is 80.1 Å². The van der Waals surface area contributed by atoms with Gasteiger partial charge in [-0.2, -0.15) is 0 Å². The zero-order valence-corrected chi connectivity index (χ0v) is 16.8. The number of hydrogen-bond donors (Lipinski definition) is 1. The number of benzene rings is 1. The second-order valence-corrected chi connectivity index (χ2v) is 7.64. The Morgan fingerprint density at radius 3 is 2.79 bits per heavy atom. The first kappa shape index (κ1) is 19.1. The van der Waals surface area contributed by atoms with Crippen molar-refractivity contribution in [2.75, 3.05) is 13.1 Å². The summed E-state index contributed by atoms with van der Waals surface area (Å²) in [4.78, 5) is 35.4. The van der Waals surface area contributed by atoms with Crippen LogP contribution in [0.25, 0.3) is 10.9 Å². The minimum atomic E-state index is -0.216.